The quantitative estimate of drug-likeness (QED) is 0.148. The van der Waals surface area contributed by atoms with Crippen molar-refractivity contribution in [3.8, 4) is 17.1 Å². The Bertz CT molecular complexity index is 1390. The van der Waals surface area contributed by atoms with Crippen molar-refractivity contribution in [2.45, 2.75) is 18.6 Å². The highest BCUT2D eigenvalue weighted by atomic mass is 35.5. The molecule has 2 aromatic heterocycles. The Labute approximate surface area is 203 Å². The number of aromatic nitrogens is 4. The van der Waals surface area contributed by atoms with Crippen LogP contribution in [0.25, 0.3) is 23.2 Å². The maximum absolute atomic E-state index is 12.1. The van der Waals surface area contributed by atoms with E-state index in [0.29, 0.717) is 33.9 Å². The number of hydrogen-bond donors (Lipinski definition) is 1. The molecule has 0 unspecified atom stereocenters. The van der Waals surface area contributed by atoms with E-state index in [1.807, 2.05) is 23.6 Å². The van der Waals surface area contributed by atoms with Gasteiger partial charge in [-0.2, -0.15) is 0 Å². The van der Waals surface area contributed by atoms with Gasteiger partial charge in [0.1, 0.15) is 4.91 Å². The minimum Gasteiger partial charge on any atom is -0.477 e. The molecule has 1 N–H and O–H groups in total. The summed E-state index contributed by atoms with van der Waals surface area (Å²) in [7, 11) is 0. The molecule has 2 aromatic carbocycles. The Morgan fingerprint density at radius 1 is 1.18 bits per heavy atom. The maximum Gasteiger partial charge on any atom is 0.342 e. The third kappa shape index (κ3) is 4.87. The number of hydrogen-bond acceptors (Lipinski definition) is 6. The normalized spacial score (nSPS) is 11.5. The molecule has 0 saturated heterocycles. The Hall–Kier alpha value is -3.89. The Kier molecular flexibility index (Phi) is 6.80. The van der Waals surface area contributed by atoms with Gasteiger partial charge in [0.2, 0.25) is 0 Å². The molecule has 9 nitrogen and oxygen atoms in total. The second-order valence-electron chi connectivity index (χ2n) is 7.05. The van der Waals surface area contributed by atoms with E-state index < -0.39 is 10.9 Å². The van der Waals surface area contributed by atoms with Gasteiger partial charge in [-0.15, -0.1) is 10.2 Å². The summed E-state index contributed by atoms with van der Waals surface area (Å²) in [5.41, 5.74) is 1.85. The molecule has 0 fully saturated rings. The minimum atomic E-state index is -1.13. The second-order valence-corrected chi connectivity index (χ2v) is 8.50. The van der Waals surface area contributed by atoms with Crippen LogP contribution in [0.15, 0.2) is 76.9 Å². The fraction of sp³-hybridized carbons (Fsp3) is 0.0870. The van der Waals surface area contributed by atoms with Crippen LogP contribution in [0.4, 0.5) is 5.69 Å². The van der Waals surface area contributed by atoms with Gasteiger partial charge < -0.3 is 14.2 Å². The third-order valence-electron chi connectivity index (χ3n) is 4.93. The van der Waals surface area contributed by atoms with Gasteiger partial charge in [0, 0.05) is 41.2 Å². The predicted octanol–water partition coefficient (Wildman–Crippen LogP) is 5.54. The first-order valence-corrected chi connectivity index (χ1v) is 11.3. The lowest BCUT2D eigenvalue weighted by atomic mass is 10.2. The van der Waals surface area contributed by atoms with Crippen molar-refractivity contribution >= 4 is 41.1 Å². The number of thioether (sulfide) groups is 1. The molecule has 0 amide bonds. The molecule has 0 aliphatic heterocycles. The number of carboxylic acid groups (broad SMARTS) is 1. The molecule has 0 atom stereocenters. The molecule has 0 aliphatic rings. The van der Waals surface area contributed by atoms with Crippen molar-refractivity contribution in [3.05, 3.63) is 92.6 Å². The topological polar surface area (TPSA) is 116 Å². The van der Waals surface area contributed by atoms with Crippen molar-refractivity contribution in [3.63, 3.8) is 0 Å². The van der Waals surface area contributed by atoms with Crippen LogP contribution < -0.4 is 0 Å². The maximum atomic E-state index is 12.1. The number of rotatable bonds is 8. The summed E-state index contributed by atoms with van der Waals surface area (Å²) in [6.07, 6.45) is 3.21. The summed E-state index contributed by atoms with van der Waals surface area (Å²) in [5.74, 6) is -0.526. The molecular formula is C23H18ClN5O4S. The number of carbonyl (C=O) groups is 1. The van der Waals surface area contributed by atoms with Gasteiger partial charge in [-0.1, -0.05) is 17.7 Å². The van der Waals surface area contributed by atoms with Crippen molar-refractivity contribution < 1.29 is 14.8 Å². The van der Waals surface area contributed by atoms with E-state index in [1.165, 1.54) is 18.2 Å². The van der Waals surface area contributed by atoms with Gasteiger partial charge in [0.15, 0.2) is 11.0 Å². The van der Waals surface area contributed by atoms with Crippen molar-refractivity contribution in [1.29, 1.82) is 0 Å². The van der Waals surface area contributed by atoms with Gasteiger partial charge in [0.05, 0.1) is 10.6 Å². The molecule has 11 heteroatoms. The standard InChI is InChI=1S/C23H18ClN5O4S/c1-2-27-21(15-8-10-16(24)11-9-15)25-26-23(27)34-20(22(30)31)14-18-7-4-12-28(18)17-5-3-6-19(13-17)29(32)33/h3-14H,2H2,1H3,(H,30,31)/b20-14-. The summed E-state index contributed by atoms with van der Waals surface area (Å²) >= 11 is 6.96. The fourth-order valence-corrected chi connectivity index (χ4v) is 4.33. The minimum absolute atomic E-state index is 0.0233. The Balaban J connectivity index is 1.69. The summed E-state index contributed by atoms with van der Waals surface area (Å²) in [5, 5.41) is 30.5. The molecule has 34 heavy (non-hydrogen) atoms. The number of halogens is 1. The number of aliphatic carboxylic acids is 1. The van der Waals surface area contributed by atoms with Crippen LogP contribution >= 0.6 is 23.4 Å². The summed E-state index contributed by atoms with van der Waals surface area (Å²) < 4.78 is 3.50. The van der Waals surface area contributed by atoms with Crippen LogP contribution in [0.5, 0.6) is 0 Å². The highest BCUT2D eigenvalue weighted by molar-refractivity contribution is 8.04. The molecule has 0 aliphatic carbocycles. The number of carboxylic acids is 1. The highest BCUT2D eigenvalue weighted by Crippen LogP contribution is 2.31. The predicted molar refractivity (Wildman–Crippen MR) is 130 cm³/mol. The average molecular weight is 496 g/mol. The smallest absolute Gasteiger partial charge is 0.342 e. The fourth-order valence-electron chi connectivity index (χ4n) is 3.33. The first kappa shape index (κ1) is 23.3. The van der Waals surface area contributed by atoms with Gasteiger partial charge >= 0.3 is 5.97 Å². The van der Waals surface area contributed by atoms with Gasteiger partial charge in [-0.25, -0.2) is 4.79 Å². The lowest BCUT2D eigenvalue weighted by Crippen LogP contribution is -2.03. The zero-order chi connectivity index (χ0) is 24.2. The molecular weight excluding hydrogens is 478 g/mol. The Morgan fingerprint density at radius 3 is 2.62 bits per heavy atom. The van der Waals surface area contributed by atoms with Crippen LogP contribution in [0, 0.1) is 10.1 Å². The number of nitrogens with zero attached hydrogens (tertiary/aromatic N) is 5. The lowest BCUT2D eigenvalue weighted by molar-refractivity contribution is -0.384. The van der Waals surface area contributed by atoms with Gasteiger partial charge in [-0.3, -0.25) is 10.1 Å². The van der Waals surface area contributed by atoms with E-state index in [-0.39, 0.29) is 10.6 Å². The van der Waals surface area contributed by atoms with Crippen LogP contribution in [0.1, 0.15) is 12.6 Å². The molecule has 4 rings (SSSR count). The third-order valence-corrected chi connectivity index (χ3v) is 6.17. The summed E-state index contributed by atoms with van der Waals surface area (Å²) in [6.45, 7) is 2.45. The van der Waals surface area contributed by atoms with Gasteiger partial charge in [0.25, 0.3) is 5.69 Å². The van der Waals surface area contributed by atoms with Crippen molar-refractivity contribution in [2.75, 3.05) is 0 Å². The molecule has 0 bridgehead atoms. The van der Waals surface area contributed by atoms with E-state index in [9.17, 15) is 20.0 Å². The van der Waals surface area contributed by atoms with Crippen molar-refractivity contribution in [1.82, 2.24) is 19.3 Å². The van der Waals surface area contributed by atoms with E-state index in [0.717, 1.165) is 17.3 Å². The van der Waals surface area contributed by atoms with Crippen LogP contribution in [0.2, 0.25) is 5.02 Å². The van der Waals surface area contributed by atoms with Crippen molar-refractivity contribution in [2.24, 2.45) is 0 Å². The number of nitro groups is 1. The first-order valence-electron chi connectivity index (χ1n) is 10.1. The Morgan fingerprint density at radius 2 is 1.94 bits per heavy atom. The first-order chi connectivity index (χ1) is 16.4. The highest BCUT2D eigenvalue weighted by Gasteiger charge is 2.19. The van der Waals surface area contributed by atoms with Crippen LogP contribution in [-0.4, -0.2) is 35.3 Å². The summed E-state index contributed by atoms with van der Waals surface area (Å²) in [6, 6.07) is 16.7. The molecule has 0 radical (unpaired) electrons. The summed E-state index contributed by atoms with van der Waals surface area (Å²) in [4.78, 5) is 22.8. The van der Waals surface area contributed by atoms with E-state index >= 15 is 0 Å². The zero-order valence-electron chi connectivity index (χ0n) is 17.8. The van der Waals surface area contributed by atoms with Crippen LogP contribution in [-0.2, 0) is 11.3 Å². The number of nitro benzene ring substituents is 1. The molecule has 0 spiro atoms. The van der Waals surface area contributed by atoms with E-state index in [2.05, 4.69) is 10.2 Å². The molecule has 172 valence electrons. The molecule has 0 saturated carbocycles. The average Bonchev–Trinajstić information content (AvgIpc) is 3.46. The zero-order valence-corrected chi connectivity index (χ0v) is 19.4. The molecule has 2 heterocycles. The SMILES string of the molecule is CCn1c(S/C(=C\c2cccn2-c2cccc([N+](=O)[O-])c2)C(=O)O)nnc1-c1ccc(Cl)cc1. The molecule has 4 aromatic rings. The number of non-ortho nitro benzene ring substituents is 1. The largest absolute Gasteiger partial charge is 0.477 e. The monoisotopic (exact) mass is 495 g/mol. The lowest BCUT2D eigenvalue weighted by Gasteiger charge is -2.09. The van der Waals surface area contributed by atoms with Crippen LogP contribution in [0.3, 0.4) is 0 Å². The second kappa shape index (κ2) is 9.94. The van der Waals surface area contributed by atoms with E-state index in [4.69, 9.17) is 11.6 Å². The van der Waals surface area contributed by atoms with E-state index in [1.54, 1.807) is 47.2 Å². The number of benzene rings is 2. The van der Waals surface area contributed by atoms with Gasteiger partial charge in [-0.05, 0) is 67.2 Å².